The molecule has 2 heterocycles. The van der Waals surface area contributed by atoms with E-state index in [0.717, 1.165) is 37.7 Å². The molecule has 4 bridgehead atoms. The second kappa shape index (κ2) is 19.1. The van der Waals surface area contributed by atoms with Crippen molar-refractivity contribution in [3.63, 3.8) is 0 Å². The van der Waals surface area contributed by atoms with Gasteiger partial charge in [0.2, 0.25) is 29.4 Å². The van der Waals surface area contributed by atoms with Gasteiger partial charge in [-0.15, -0.1) is 0 Å². The number of carboxylic acids is 1. The van der Waals surface area contributed by atoms with Crippen molar-refractivity contribution in [2.24, 2.45) is 5.92 Å². The molecule has 1 aliphatic carbocycles. The number of fused-ring (bicyclic) bond motifs is 4. The van der Waals surface area contributed by atoms with E-state index in [1.54, 1.807) is 43.3 Å². The van der Waals surface area contributed by atoms with Crippen molar-refractivity contribution < 1.29 is 48.1 Å². The zero-order valence-corrected chi connectivity index (χ0v) is 30.4. The summed E-state index contributed by atoms with van der Waals surface area (Å²) < 4.78 is 11.9. The fraction of sp³-hybridized carbons (Fsp3) is 0.513. The zero-order chi connectivity index (χ0) is 38.6. The van der Waals surface area contributed by atoms with Crippen molar-refractivity contribution in [1.82, 2.24) is 26.2 Å². The maximum atomic E-state index is 14.4. The number of benzene rings is 2. The van der Waals surface area contributed by atoms with Crippen LogP contribution in [0.15, 0.2) is 54.6 Å². The van der Waals surface area contributed by atoms with E-state index in [4.69, 9.17) is 9.47 Å². The summed E-state index contributed by atoms with van der Waals surface area (Å²) in [5.41, 5.74) is 1.05. The van der Waals surface area contributed by atoms with Crippen molar-refractivity contribution in [2.45, 2.75) is 95.0 Å². The van der Waals surface area contributed by atoms with Crippen molar-refractivity contribution in [2.75, 3.05) is 26.3 Å². The lowest BCUT2D eigenvalue weighted by atomic mass is 9.83. The van der Waals surface area contributed by atoms with E-state index in [2.05, 4.69) is 21.3 Å². The maximum absolute atomic E-state index is 14.4. The second-order valence-electron chi connectivity index (χ2n) is 14.0. The van der Waals surface area contributed by atoms with Gasteiger partial charge in [0.25, 0.3) is 5.91 Å². The number of carboxylic acid groups (broad SMARTS) is 1. The van der Waals surface area contributed by atoms with Crippen LogP contribution in [-0.4, -0.2) is 102 Å². The third kappa shape index (κ3) is 10.6. The van der Waals surface area contributed by atoms with Gasteiger partial charge in [-0.1, -0.05) is 75.1 Å². The third-order valence-electron chi connectivity index (χ3n) is 10.0. The van der Waals surface area contributed by atoms with Crippen LogP contribution in [0, 0.1) is 5.92 Å². The number of aliphatic carboxylic acids is 1. The average molecular weight is 748 g/mol. The molecule has 5 amide bonds. The summed E-state index contributed by atoms with van der Waals surface area (Å²) in [6.07, 6.45) is 4.47. The first kappa shape index (κ1) is 39.9. The van der Waals surface area contributed by atoms with E-state index in [0.29, 0.717) is 17.7 Å². The van der Waals surface area contributed by atoms with Crippen LogP contribution in [0.2, 0.25) is 0 Å². The van der Waals surface area contributed by atoms with Crippen molar-refractivity contribution in [3.8, 4) is 5.75 Å². The van der Waals surface area contributed by atoms with Crippen LogP contribution < -0.4 is 26.0 Å². The highest BCUT2D eigenvalue weighted by Gasteiger charge is 2.45. The quantitative estimate of drug-likeness (QED) is 0.198. The van der Waals surface area contributed by atoms with Gasteiger partial charge in [0.15, 0.2) is 6.04 Å². The molecule has 5 atom stereocenters. The van der Waals surface area contributed by atoms with Crippen LogP contribution in [0.25, 0.3) is 0 Å². The lowest BCUT2D eigenvalue weighted by Gasteiger charge is -2.35. The Hall–Kier alpha value is -5.31. The Morgan fingerprint density at radius 1 is 0.963 bits per heavy atom. The number of nitrogens with one attached hydrogen (secondary N) is 4. The largest absolute Gasteiger partial charge is 0.491 e. The molecule has 0 radical (unpaired) electrons. The highest BCUT2D eigenvalue weighted by atomic mass is 16.5. The first-order chi connectivity index (χ1) is 26.0. The molecule has 2 aliphatic heterocycles. The Morgan fingerprint density at radius 2 is 1.72 bits per heavy atom. The van der Waals surface area contributed by atoms with Gasteiger partial charge in [0.1, 0.15) is 24.4 Å². The van der Waals surface area contributed by atoms with Gasteiger partial charge in [0.05, 0.1) is 31.7 Å². The molecule has 2 aromatic rings. The number of carbonyl (C=O) groups is 7. The Balaban J connectivity index is 1.28. The molecule has 5 N–H and O–H groups in total. The number of amides is 5. The van der Waals surface area contributed by atoms with E-state index in [-0.39, 0.29) is 50.8 Å². The molecule has 3 aliphatic rings. The van der Waals surface area contributed by atoms with Crippen LogP contribution >= 0.6 is 0 Å². The van der Waals surface area contributed by atoms with Gasteiger partial charge in [-0.2, -0.15) is 0 Å². The number of ketones is 1. The normalized spacial score (nSPS) is 21.9. The standard InChI is InChI=1S/C39H49N5O10/c1-2-10-29(35(47)37(49)40-22-32(46)43-34(39(51)52)26-14-7-4-8-15-26)41-36(48)30-21-28-23-44(30)38(50)33(25-12-5-3-6-13-25)42-31(45)20-24-11-9-16-27(19-24)53-17-18-54-28/h4,7-9,11,14-16,19,25,28-30,33-34H,2-3,5-6,10,12-13,17-18,20-23H2,1H3,(H,40,49)(H,41,48)(H,42,45)(H,43,46)(H,51,52)/t28-,29?,30?,33-,34+/m1/s1. The number of nitrogens with zero attached hydrogens (tertiary/aromatic N) is 1. The summed E-state index contributed by atoms with van der Waals surface area (Å²) in [7, 11) is 0. The summed E-state index contributed by atoms with van der Waals surface area (Å²) in [6, 6.07) is 10.6. The van der Waals surface area contributed by atoms with E-state index in [9.17, 15) is 38.7 Å². The van der Waals surface area contributed by atoms with Crippen LogP contribution in [0.1, 0.15) is 75.5 Å². The van der Waals surface area contributed by atoms with Gasteiger partial charge >= 0.3 is 5.97 Å². The van der Waals surface area contributed by atoms with Gasteiger partial charge in [0, 0.05) is 13.0 Å². The van der Waals surface area contributed by atoms with E-state index >= 15 is 0 Å². The molecule has 1 saturated carbocycles. The number of hydrogen-bond acceptors (Lipinski definition) is 9. The molecular formula is C39H49N5O10. The van der Waals surface area contributed by atoms with E-state index in [1.807, 2.05) is 6.07 Å². The molecule has 1 saturated heterocycles. The van der Waals surface area contributed by atoms with Crippen LogP contribution in [0.5, 0.6) is 5.75 Å². The molecule has 15 heteroatoms. The van der Waals surface area contributed by atoms with Gasteiger partial charge in [-0.05, 0) is 48.4 Å². The Labute approximate surface area is 313 Å². The average Bonchev–Trinajstić information content (AvgIpc) is 3.61. The van der Waals surface area contributed by atoms with Gasteiger partial charge in [-0.3, -0.25) is 28.8 Å². The highest BCUT2D eigenvalue weighted by Crippen LogP contribution is 2.30. The van der Waals surface area contributed by atoms with Crippen molar-refractivity contribution >= 4 is 41.3 Å². The molecule has 5 rings (SSSR count). The molecular weight excluding hydrogens is 698 g/mol. The first-order valence-corrected chi connectivity index (χ1v) is 18.7. The minimum absolute atomic E-state index is 0.0362. The molecule has 15 nitrogen and oxygen atoms in total. The fourth-order valence-electron chi connectivity index (χ4n) is 7.34. The van der Waals surface area contributed by atoms with Gasteiger partial charge in [-0.25, -0.2) is 4.79 Å². The predicted molar refractivity (Wildman–Crippen MR) is 194 cm³/mol. The molecule has 54 heavy (non-hydrogen) atoms. The molecule has 2 unspecified atom stereocenters. The lowest BCUT2D eigenvalue weighted by molar-refractivity contribution is -0.144. The summed E-state index contributed by atoms with van der Waals surface area (Å²) in [4.78, 5) is 93.9. The summed E-state index contributed by atoms with van der Waals surface area (Å²) >= 11 is 0. The Bertz CT molecular complexity index is 1680. The third-order valence-corrected chi connectivity index (χ3v) is 10.0. The fourth-order valence-corrected chi connectivity index (χ4v) is 7.34. The number of carbonyl (C=O) groups excluding carboxylic acids is 6. The Kier molecular flexibility index (Phi) is 14.1. The number of hydrogen-bond donors (Lipinski definition) is 5. The molecule has 0 spiro atoms. The highest BCUT2D eigenvalue weighted by molar-refractivity contribution is 6.38. The SMILES string of the molecule is CCCC(NC(=O)C1C[C@@H]2CN1C(=O)[C@@H](C1CCCCC1)NC(=O)Cc1cccc(c1)OCCO2)C(=O)C(=O)NCC(=O)N[C@H](C(=O)O)c1ccccc1. The number of ether oxygens (including phenoxy) is 2. The summed E-state index contributed by atoms with van der Waals surface area (Å²) in [6.45, 7) is 1.54. The lowest BCUT2D eigenvalue weighted by Crippen LogP contribution is -2.58. The smallest absolute Gasteiger partial charge is 0.330 e. The molecule has 2 fully saturated rings. The summed E-state index contributed by atoms with van der Waals surface area (Å²) in [5.74, 6) is -5.21. The molecule has 0 aromatic heterocycles. The van der Waals surface area contributed by atoms with Crippen molar-refractivity contribution in [1.29, 1.82) is 0 Å². The minimum atomic E-state index is -1.37. The second-order valence-corrected chi connectivity index (χ2v) is 14.0. The number of rotatable bonds is 12. The monoisotopic (exact) mass is 747 g/mol. The van der Waals surface area contributed by atoms with Crippen LogP contribution in [0.3, 0.4) is 0 Å². The van der Waals surface area contributed by atoms with E-state index in [1.165, 1.54) is 17.0 Å². The van der Waals surface area contributed by atoms with Crippen LogP contribution in [-0.2, 0) is 44.7 Å². The minimum Gasteiger partial charge on any atom is -0.491 e. The topological polar surface area (TPSA) is 210 Å². The number of Topliss-reactive ketones (excluding diaryl/α,β-unsaturated/α-hetero) is 1. The molecule has 2 aromatic carbocycles. The zero-order valence-electron chi connectivity index (χ0n) is 30.4. The summed E-state index contributed by atoms with van der Waals surface area (Å²) in [5, 5.41) is 19.8. The van der Waals surface area contributed by atoms with E-state index < -0.39 is 72.2 Å². The Morgan fingerprint density at radius 3 is 2.44 bits per heavy atom. The predicted octanol–water partition coefficient (Wildman–Crippen LogP) is 1.59. The molecule has 290 valence electrons. The first-order valence-electron chi connectivity index (χ1n) is 18.7. The maximum Gasteiger partial charge on any atom is 0.330 e. The van der Waals surface area contributed by atoms with Crippen molar-refractivity contribution in [3.05, 3.63) is 65.7 Å². The van der Waals surface area contributed by atoms with Crippen LogP contribution in [0.4, 0.5) is 0 Å². The van der Waals surface area contributed by atoms with Gasteiger partial charge < -0.3 is 40.7 Å².